The van der Waals surface area contributed by atoms with Crippen LogP contribution in [0.15, 0.2) is 0 Å². The molecule has 1 saturated heterocycles. The van der Waals surface area contributed by atoms with Gasteiger partial charge < -0.3 is 9.47 Å². The summed E-state index contributed by atoms with van der Waals surface area (Å²) in [5.41, 5.74) is 0. The minimum atomic E-state index is 0.275. The lowest BCUT2D eigenvalue weighted by molar-refractivity contribution is -0.0715. The summed E-state index contributed by atoms with van der Waals surface area (Å²) in [5.74, 6) is 1.51. The van der Waals surface area contributed by atoms with Crippen molar-refractivity contribution in [1.29, 1.82) is 0 Å². The molecule has 0 saturated carbocycles. The van der Waals surface area contributed by atoms with Crippen LogP contribution in [0.2, 0.25) is 0 Å². The second-order valence-electron chi connectivity index (χ2n) is 6.26. The van der Waals surface area contributed by atoms with E-state index in [0.29, 0.717) is 0 Å². The molecule has 3 nitrogen and oxygen atoms in total. The zero-order valence-corrected chi connectivity index (χ0v) is 12.7. The molecule has 1 aliphatic heterocycles. The van der Waals surface area contributed by atoms with Crippen molar-refractivity contribution in [2.24, 2.45) is 11.8 Å². The fourth-order valence-electron chi connectivity index (χ4n) is 2.37. The number of morpholine rings is 1. The fraction of sp³-hybridized carbons (Fsp3) is 1.00. The van der Waals surface area contributed by atoms with E-state index < -0.39 is 0 Å². The van der Waals surface area contributed by atoms with E-state index in [9.17, 15) is 0 Å². The number of hydrogen-bond donors (Lipinski definition) is 0. The molecule has 1 atom stereocenters. The van der Waals surface area contributed by atoms with Crippen LogP contribution in [0.4, 0.5) is 0 Å². The Hall–Kier alpha value is -0.120. The van der Waals surface area contributed by atoms with Crippen LogP contribution in [-0.2, 0) is 9.47 Å². The Morgan fingerprint density at radius 3 is 2.67 bits per heavy atom. The Bertz CT molecular complexity index is 207. The van der Waals surface area contributed by atoms with Crippen molar-refractivity contribution in [3.05, 3.63) is 0 Å². The molecule has 0 aliphatic carbocycles. The van der Waals surface area contributed by atoms with Crippen LogP contribution in [0.3, 0.4) is 0 Å². The van der Waals surface area contributed by atoms with Crippen molar-refractivity contribution >= 4 is 0 Å². The lowest BCUT2D eigenvalue weighted by atomic mass is 10.1. The lowest BCUT2D eigenvalue weighted by Crippen LogP contribution is -2.45. The predicted molar refractivity (Wildman–Crippen MR) is 75.9 cm³/mol. The van der Waals surface area contributed by atoms with E-state index in [0.717, 1.165) is 44.7 Å². The number of rotatable bonds is 8. The van der Waals surface area contributed by atoms with Gasteiger partial charge in [-0.15, -0.1) is 0 Å². The Morgan fingerprint density at radius 2 is 2.00 bits per heavy atom. The molecule has 3 heteroatoms. The van der Waals surface area contributed by atoms with Gasteiger partial charge in [-0.1, -0.05) is 27.7 Å². The van der Waals surface area contributed by atoms with E-state index in [1.165, 1.54) is 19.4 Å². The molecule has 1 rings (SSSR count). The summed E-state index contributed by atoms with van der Waals surface area (Å²) >= 11 is 0. The van der Waals surface area contributed by atoms with Crippen LogP contribution < -0.4 is 0 Å². The first-order valence-electron chi connectivity index (χ1n) is 7.49. The van der Waals surface area contributed by atoms with Gasteiger partial charge in [-0.3, -0.25) is 4.90 Å². The van der Waals surface area contributed by atoms with Crippen LogP contribution in [0, 0.1) is 11.8 Å². The van der Waals surface area contributed by atoms with Gasteiger partial charge in [0.05, 0.1) is 19.3 Å². The zero-order valence-electron chi connectivity index (χ0n) is 12.7. The van der Waals surface area contributed by atoms with Crippen LogP contribution in [-0.4, -0.2) is 50.5 Å². The SMILES string of the molecule is CC(C)CCCOCC1CN(CC(C)C)CCO1. The van der Waals surface area contributed by atoms with Gasteiger partial charge in [0.2, 0.25) is 0 Å². The molecule has 0 radical (unpaired) electrons. The average molecular weight is 257 g/mol. The van der Waals surface area contributed by atoms with Crippen molar-refractivity contribution in [1.82, 2.24) is 4.90 Å². The number of nitrogens with zero attached hydrogens (tertiary/aromatic N) is 1. The minimum Gasteiger partial charge on any atom is -0.379 e. The highest BCUT2D eigenvalue weighted by atomic mass is 16.5. The highest BCUT2D eigenvalue weighted by Crippen LogP contribution is 2.09. The maximum absolute atomic E-state index is 5.75. The van der Waals surface area contributed by atoms with Crippen LogP contribution in [0.5, 0.6) is 0 Å². The monoisotopic (exact) mass is 257 g/mol. The van der Waals surface area contributed by atoms with Gasteiger partial charge >= 0.3 is 0 Å². The molecule has 1 heterocycles. The first-order chi connectivity index (χ1) is 8.58. The quantitative estimate of drug-likeness (QED) is 0.624. The van der Waals surface area contributed by atoms with E-state index in [-0.39, 0.29) is 6.10 Å². The highest BCUT2D eigenvalue weighted by Gasteiger charge is 2.20. The molecule has 18 heavy (non-hydrogen) atoms. The summed E-state index contributed by atoms with van der Waals surface area (Å²) in [6.45, 7) is 14.8. The average Bonchev–Trinajstić information content (AvgIpc) is 2.27. The summed E-state index contributed by atoms with van der Waals surface area (Å²) in [4.78, 5) is 2.50. The lowest BCUT2D eigenvalue weighted by Gasteiger charge is -2.33. The number of ether oxygens (including phenoxy) is 2. The second-order valence-corrected chi connectivity index (χ2v) is 6.26. The standard InChI is InChI=1S/C15H31NO2/c1-13(2)6-5-8-17-12-15-11-16(7-9-18-15)10-14(3)4/h13-15H,5-12H2,1-4H3. The second kappa shape index (κ2) is 8.89. The van der Waals surface area contributed by atoms with Gasteiger partial charge in [-0.05, 0) is 24.7 Å². The largest absolute Gasteiger partial charge is 0.379 e. The van der Waals surface area contributed by atoms with Crippen LogP contribution in [0.1, 0.15) is 40.5 Å². The van der Waals surface area contributed by atoms with Crippen LogP contribution in [0.25, 0.3) is 0 Å². The highest BCUT2D eigenvalue weighted by molar-refractivity contribution is 4.72. The molecule has 0 aromatic carbocycles. The normalized spacial score (nSPS) is 22.0. The third-order valence-electron chi connectivity index (χ3n) is 3.22. The molecule has 0 amide bonds. The minimum absolute atomic E-state index is 0.275. The zero-order chi connectivity index (χ0) is 13.4. The molecule has 0 N–H and O–H groups in total. The summed E-state index contributed by atoms with van der Waals surface area (Å²) in [6, 6.07) is 0. The van der Waals surface area contributed by atoms with Crippen molar-refractivity contribution in [3.63, 3.8) is 0 Å². The molecule has 0 spiro atoms. The van der Waals surface area contributed by atoms with Crippen molar-refractivity contribution in [2.75, 3.05) is 39.5 Å². The van der Waals surface area contributed by atoms with Crippen molar-refractivity contribution in [3.8, 4) is 0 Å². The van der Waals surface area contributed by atoms with E-state index >= 15 is 0 Å². The summed E-state index contributed by atoms with van der Waals surface area (Å²) in [5, 5.41) is 0. The van der Waals surface area contributed by atoms with Gasteiger partial charge in [0.1, 0.15) is 0 Å². The van der Waals surface area contributed by atoms with Gasteiger partial charge in [0, 0.05) is 26.2 Å². The first-order valence-corrected chi connectivity index (χ1v) is 7.49. The van der Waals surface area contributed by atoms with Gasteiger partial charge in [0.15, 0.2) is 0 Å². The maximum Gasteiger partial charge on any atom is 0.0935 e. The Kier molecular flexibility index (Phi) is 7.87. The molecule has 0 bridgehead atoms. The van der Waals surface area contributed by atoms with E-state index in [1.807, 2.05) is 0 Å². The maximum atomic E-state index is 5.75. The smallest absolute Gasteiger partial charge is 0.0935 e. The van der Waals surface area contributed by atoms with Gasteiger partial charge in [-0.25, -0.2) is 0 Å². The first kappa shape index (κ1) is 15.9. The summed E-state index contributed by atoms with van der Waals surface area (Å²) < 4.78 is 11.5. The molecule has 1 unspecified atom stereocenters. The van der Waals surface area contributed by atoms with Gasteiger partial charge in [0.25, 0.3) is 0 Å². The molecule has 1 fully saturated rings. The number of hydrogen-bond acceptors (Lipinski definition) is 3. The van der Waals surface area contributed by atoms with Crippen LogP contribution >= 0.6 is 0 Å². The summed E-state index contributed by atoms with van der Waals surface area (Å²) in [7, 11) is 0. The Labute approximate surface area is 113 Å². The Morgan fingerprint density at radius 1 is 1.22 bits per heavy atom. The molecule has 108 valence electrons. The molecular weight excluding hydrogens is 226 g/mol. The topological polar surface area (TPSA) is 21.7 Å². The molecule has 0 aromatic heterocycles. The Balaban J connectivity index is 2.07. The molecule has 0 aromatic rings. The van der Waals surface area contributed by atoms with E-state index in [2.05, 4.69) is 32.6 Å². The van der Waals surface area contributed by atoms with E-state index in [1.54, 1.807) is 0 Å². The fourth-order valence-corrected chi connectivity index (χ4v) is 2.37. The molecule has 1 aliphatic rings. The van der Waals surface area contributed by atoms with Crippen molar-refractivity contribution < 1.29 is 9.47 Å². The third kappa shape index (κ3) is 7.34. The predicted octanol–water partition coefficient (Wildman–Crippen LogP) is 2.80. The summed E-state index contributed by atoms with van der Waals surface area (Å²) in [6.07, 6.45) is 2.70. The third-order valence-corrected chi connectivity index (χ3v) is 3.22. The van der Waals surface area contributed by atoms with E-state index in [4.69, 9.17) is 9.47 Å². The molecular formula is C15H31NO2. The van der Waals surface area contributed by atoms with Crippen molar-refractivity contribution in [2.45, 2.75) is 46.6 Å². The van der Waals surface area contributed by atoms with Gasteiger partial charge in [-0.2, -0.15) is 0 Å².